The minimum atomic E-state index is -3.61. The highest BCUT2D eigenvalue weighted by atomic mass is 32.2. The maximum Gasteiger partial charge on any atom is 0.338 e. The van der Waals surface area contributed by atoms with Crippen LogP contribution in [0.5, 0.6) is 0 Å². The molecule has 0 N–H and O–H groups in total. The number of hydrogen-bond acceptors (Lipinski definition) is 8. The van der Waals surface area contributed by atoms with E-state index in [2.05, 4.69) is 19.9 Å². The number of nitrogens with zero attached hydrogens (tertiary/aromatic N) is 5. The van der Waals surface area contributed by atoms with Crippen LogP contribution in [0.3, 0.4) is 0 Å². The lowest BCUT2D eigenvalue weighted by atomic mass is 10.1. The Balaban J connectivity index is 2.00. The molecule has 0 unspecified atom stereocenters. The lowest BCUT2D eigenvalue weighted by Gasteiger charge is -2.07. The first-order chi connectivity index (χ1) is 14.8. The fourth-order valence-corrected chi connectivity index (χ4v) is 3.65. The van der Waals surface area contributed by atoms with Crippen LogP contribution in [-0.4, -0.2) is 51.6 Å². The molecule has 0 aliphatic rings. The molecule has 10 heteroatoms. The first-order valence-corrected chi connectivity index (χ1v) is 11.3. The van der Waals surface area contributed by atoms with E-state index in [9.17, 15) is 13.2 Å². The zero-order valence-electron chi connectivity index (χ0n) is 17.1. The summed E-state index contributed by atoms with van der Waals surface area (Å²) in [4.78, 5) is 29.5. The van der Waals surface area contributed by atoms with Gasteiger partial charge in [-0.25, -0.2) is 28.2 Å². The smallest absolute Gasteiger partial charge is 0.338 e. The molecule has 4 aromatic rings. The first-order valence-electron chi connectivity index (χ1n) is 9.44. The third-order valence-electron chi connectivity index (χ3n) is 4.48. The van der Waals surface area contributed by atoms with E-state index in [1.54, 1.807) is 35.7 Å². The minimum Gasteiger partial charge on any atom is -0.462 e. The van der Waals surface area contributed by atoms with E-state index in [1.165, 1.54) is 6.20 Å². The highest BCUT2D eigenvalue weighted by Crippen LogP contribution is 2.31. The van der Waals surface area contributed by atoms with Crippen molar-refractivity contribution in [3.05, 3.63) is 60.0 Å². The molecule has 0 spiro atoms. The van der Waals surface area contributed by atoms with Gasteiger partial charge < -0.3 is 4.74 Å². The van der Waals surface area contributed by atoms with Gasteiger partial charge in [-0.1, -0.05) is 6.07 Å². The normalized spacial score (nSPS) is 11.6. The van der Waals surface area contributed by atoms with Gasteiger partial charge in [0.05, 0.1) is 23.6 Å². The highest BCUT2D eigenvalue weighted by Gasteiger charge is 2.21. The molecule has 4 aromatic heterocycles. The predicted octanol–water partition coefficient (Wildman–Crippen LogP) is 2.74. The van der Waals surface area contributed by atoms with Crippen molar-refractivity contribution < 1.29 is 17.9 Å². The molecule has 0 saturated carbocycles. The van der Waals surface area contributed by atoms with E-state index in [-0.39, 0.29) is 11.8 Å². The Bertz CT molecular complexity index is 1410. The molecular weight excluding hydrogens is 418 g/mol. The Morgan fingerprint density at radius 2 is 1.90 bits per heavy atom. The fraction of sp³-hybridized carbons (Fsp3) is 0.190. The van der Waals surface area contributed by atoms with Crippen molar-refractivity contribution in [1.29, 1.82) is 0 Å². The number of ether oxygens (including phenoxy) is 1. The Hall–Kier alpha value is -3.66. The second-order valence-electron chi connectivity index (χ2n) is 6.83. The number of aromatic nitrogens is 5. The van der Waals surface area contributed by atoms with E-state index in [0.29, 0.717) is 34.0 Å². The van der Waals surface area contributed by atoms with Gasteiger partial charge in [0.2, 0.25) is 15.0 Å². The number of fused-ring (bicyclic) bond motifs is 1. The third kappa shape index (κ3) is 4.02. The molecule has 0 bridgehead atoms. The topological polar surface area (TPSA) is 116 Å². The molecule has 0 aliphatic carbocycles. The van der Waals surface area contributed by atoms with Crippen LogP contribution in [0.4, 0.5) is 0 Å². The summed E-state index contributed by atoms with van der Waals surface area (Å²) < 4.78 is 30.8. The van der Waals surface area contributed by atoms with Crippen LogP contribution in [0.2, 0.25) is 0 Å². The number of aryl methyl sites for hydroxylation is 1. The van der Waals surface area contributed by atoms with Gasteiger partial charge in [0, 0.05) is 24.3 Å². The van der Waals surface area contributed by atoms with Gasteiger partial charge in [-0.3, -0.25) is 9.38 Å². The Labute approximate surface area is 178 Å². The van der Waals surface area contributed by atoms with Crippen molar-refractivity contribution in [1.82, 2.24) is 24.3 Å². The second kappa shape index (κ2) is 7.88. The Kier molecular flexibility index (Phi) is 5.24. The molecule has 158 valence electrons. The number of pyridine rings is 2. The van der Waals surface area contributed by atoms with E-state index >= 15 is 0 Å². The first kappa shape index (κ1) is 20.6. The SMILES string of the molecule is CCOC(=O)c1ccn2c(-c3ccnc(S(C)(=O)=O)n3)c(-c3cccc(C)n3)nc2c1. The van der Waals surface area contributed by atoms with Crippen LogP contribution >= 0.6 is 0 Å². The number of carbonyl (C=O) groups is 1. The van der Waals surface area contributed by atoms with Gasteiger partial charge >= 0.3 is 5.97 Å². The number of imidazole rings is 1. The molecule has 31 heavy (non-hydrogen) atoms. The highest BCUT2D eigenvalue weighted by molar-refractivity contribution is 7.90. The molecule has 0 aromatic carbocycles. The Morgan fingerprint density at radius 1 is 1.10 bits per heavy atom. The summed E-state index contributed by atoms with van der Waals surface area (Å²) in [6, 6.07) is 10.4. The van der Waals surface area contributed by atoms with E-state index < -0.39 is 15.8 Å². The summed E-state index contributed by atoms with van der Waals surface area (Å²) in [7, 11) is -3.61. The van der Waals surface area contributed by atoms with Crippen LogP contribution in [0.15, 0.2) is 53.9 Å². The number of carbonyl (C=O) groups excluding carboxylic acids is 1. The molecule has 4 rings (SSSR count). The maximum absolute atomic E-state index is 12.2. The van der Waals surface area contributed by atoms with Crippen molar-refractivity contribution in [2.45, 2.75) is 19.0 Å². The number of rotatable bonds is 5. The largest absolute Gasteiger partial charge is 0.462 e. The molecule has 0 atom stereocenters. The second-order valence-corrected chi connectivity index (χ2v) is 8.74. The third-order valence-corrected chi connectivity index (χ3v) is 5.34. The summed E-state index contributed by atoms with van der Waals surface area (Å²) in [5.41, 5.74) is 3.62. The van der Waals surface area contributed by atoms with Gasteiger partial charge in [-0.05, 0) is 44.2 Å². The predicted molar refractivity (Wildman–Crippen MR) is 113 cm³/mol. The molecule has 0 fully saturated rings. The van der Waals surface area contributed by atoms with Crippen molar-refractivity contribution >= 4 is 21.5 Å². The van der Waals surface area contributed by atoms with Crippen LogP contribution < -0.4 is 0 Å². The van der Waals surface area contributed by atoms with Gasteiger partial charge in [0.15, 0.2) is 0 Å². The molecular formula is C21H19N5O4S. The quantitative estimate of drug-likeness (QED) is 0.346. The summed E-state index contributed by atoms with van der Waals surface area (Å²) in [5.74, 6) is -0.453. The maximum atomic E-state index is 12.2. The van der Waals surface area contributed by atoms with Gasteiger partial charge in [0.1, 0.15) is 17.0 Å². The van der Waals surface area contributed by atoms with Crippen molar-refractivity contribution in [3.8, 4) is 22.8 Å². The lowest BCUT2D eigenvalue weighted by Crippen LogP contribution is -2.06. The number of esters is 1. The van der Waals surface area contributed by atoms with E-state index in [0.717, 1.165) is 11.9 Å². The number of sulfone groups is 1. The Morgan fingerprint density at radius 3 is 2.61 bits per heavy atom. The molecule has 0 radical (unpaired) electrons. The van der Waals surface area contributed by atoms with Crippen LogP contribution in [0, 0.1) is 6.92 Å². The summed E-state index contributed by atoms with van der Waals surface area (Å²) in [5, 5.41) is -0.286. The minimum absolute atomic E-state index is 0.261. The van der Waals surface area contributed by atoms with Gasteiger partial charge in [-0.15, -0.1) is 0 Å². The van der Waals surface area contributed by atoms with Crippen LogP contribution in [0.1, 0.15) is 23.0 Å². The zero-order chi connectivity index (χ0) is 22.2. The average Bonchev–Trinajstić information content (AvgIpc) is 3.12. The summed E-state index contributed by atoms with van der Waals surface area (Å²) in [6.45, 7) is 3.86. The molecule has 0 amide bonds. The lowest BCUT2D eigenvalue weighted by molar-refractivity contribution is 0.0526. The van der Waals surface area contributed by atoms with Crippen molar-refractivity contribution in [2.24, 2.45) is 0 Å². The van der Waals surface area contributed by atoms with Crippen molar-refractivity contribution in [2.75, 3.05) is 12.9 Å². The van der Waals surface area contributed by atoms with Gasteiger partial charge in [0.25, 0.3) is 0 Å². The summed E-state index contributed by atoms with van der Waals surface area (Å²) in [6.07, 6.45) is 4.11. The van der Waals surface area contributed by atoms with E-state index in [4.69, 9.17) is 4.74 Å². The molecule has 0 saturated heterocycles. The van der Waals surface area contributed by atoms with Crippen molar-refractivity contribution in [3.63, 3.8) is 0 Å². The van der Waals surface area contributed by atoms with Crippen LogP contribution in [0.25, 0.3) is 28.4 Å². The average molecular weight is 437 g/mol. The zero-order valence-corrected chi connectivity index (χ0v) is 17.9. The van der Waals surface area contributed by atoms with E-state index in [1.807, 2.05) is 25.1 Å². The molecule has 4 heterocycles. The van der Waals surface area contributed by atoms with Crippen LogP contribution in [-0.2, 0) is 14.6 Å². The van der Waals surface area contributed by atoms with Gasteiger partial charge in [-0.2, -0.15) is 0 Å². The summed E-state index contributed by atoms with van der Waals surface area (Å²) >= 11 is 0. The molecule has 0 aliphatic heterocycles. The molecule has 9 nitrogen and oxygen atoms in total. The number of hydrogen-bond donors (Lipinski definition) is 0. The standard InChI is InChI=1S/C21H19N5O4S/c1-4-30-20(27)14-9-11-26-17(12-14)25-18(15-7-5-6-13(2)23-15)19(26)16-8-10-22-21(24-16)31(3,28)29/h5-12H,4H2,1-3H3. The monoisotopic (exact) mass is 437 g/mol. The fourth-order valence-electron chi connectivity index (χ4n) is 3.14.